The number of nitrogens with one attached hydrogen (secondary N) is 1. The van der Waals surface area contributed by atoms with Crippen molar-refractivity contribution in [2.75, 3.05) is 22.4 Å². The first-order valence-electron chi connectivity index (χ1n) is 7.18. The van der Waals surface area contributed by atoms with Gasteiger partial charge in [0.05, 0.1) is 11.9 Å². The van der Waals surface area contributed by atoms with Gasteiger partial charge in [0.2, 0.25) is 21.1 Å². The summed E-state index contributed by atoms with van der Waals surface area (Å²) in [6, 6.07) is 6.68. The van der Waals surface area contributed by atoms with E-state index in [0.717, 1.165) is 19.4 Å². The maximum Gasteiger partial charge on any atom is 0.246 e. The number of halogens is 1. The van der Waals surface area contributed by atoms with Gasteiger partial charge in [-0.1, -0.05) is 52.9 Å². The molecule has 11 heteroatoms. The van der Waals surface area contributed by atoms with E-state index in [1.165, 1.54) is 11.3 Å². The van der Waals surface area contributed by atoms with E-state index in [2.05, 4.69) is 31.4 Å². The number of benzene rings is 1. The van der Waals surface area contributed by atoms with Crippen LogP contribution in [0.5, 0.6) is 0 Å². The average molecular weight is 465 g/mol. The summed E-state index contributed by atoms with van der Waals surface area (Å²) in [4.78, 5) is 12.2. The van der Waals surface area contributed by atoms with Gasteiger partial charge in [0, 0.05) is 9.72 Å². The molecule has 0 atom stereocenters. The number of sulfonamides is 1. The largest absolute Gasteiger partial charge is 0.299 e. The minimum atomic E-state index is -3.61. The van der Waals surface area contributed by atoms with Gasteiger partial charge in [-0.25, -0.2) is 8.42 Å². The Bertz CT molecular complexity index is 837. The summed E-state index contributed by atoms with van der Waals surface area (Å²) in [6.45, 7) is 3.73. The molecule has 0 unspecified atom stereocenters. The molecule has 7 nitrogen and oxygen atoms in total. The predicted molar refractivity (Wildman–Crippen MR) is 106 cm³/mol. The number of anilines is 2. The number of carbonyl (C=O) groups is 1. The van der Waals surface area contributed by atoms with Crippen LogP contribution in [0, 0.1) is 0 Å². The van der Waals surface area contributed by atoms with Gasteiger partial charge < -0.3 is 0 Å². The van der Waals surface area contributed by atoms with Gasteiger partial charge >= 0.3 is 0 Å². The molecule has 0 radical (unpaired) electrons. The molecule has 2 rings (SSSR count). The van der Waals surface area contributed by atoms with E-state index in [4.69, 9.17) is 0 Å². The van der Waals surface area contributed by atoms with E-state index in [1.54, 1.807) is 36.0 Å². The molecule has 25 heavy (non-hydrogen) atoms. The highest BCUT2D eigenvalue weighted by Gasteiger charge is 2.21. The zero-order chi connectivity index (χ0) is 18.6. The molecule has 0 saturated carbocycles. The molecule has 0 bridgehead atoms. The lowest BCUT2D eigenvalue weighted by Crippen LogP contribution is -2.37. The van der Waals surface area contributed by atoms with Gasteiger partial charge in [0.1, 0.15) is 6.54 Å². The molecule has 0 spiro atoms. The number of rotatable bonds is 7. The van der Waals surface area contributed by atoms with Crippen molar-refractivity contribution in [2.45, 2.75) is 23.4 Å². The van der Waals surface area contributed by atoms with Gasteiger partial charge in [-0.2, -0.15) is 0 Å². The first kappa shape index (κ1) is 20.1. The zero-order valence-electron chi connectivity index (χ0n) is 13.8. The molecule has 0 fully saturated rings. The first-order chi connectivity index (χ1) is 11.6. The number of aromatic nitrogens is 2. The Kier molecular flexibility index (Phi) is 6.83. The second kappa shape index (κ2) is 8.47. The molecule has 1 amide bonds. The van der Waals surface area contributed by atoms with Crippen molar-refractivity contribution in [3.05, 3.63) is 28.7 Å². The minimum absolute atomic E-state index is 0.341. The van der Waals surface area contributed by atoms with Crippen molar-refractivity contribution in [2.24, 2.45) is 0 Å². The molecule has 1 heterocycles. The Balaban J connectivity index is 2.09. The van der Waals surface area contributed by atoms with E-state index in [-0.39, 0.29) is 6.54 Å². The Hall–Kier alpha value is -1.17. The minimum Gasteiger partial charge on any atom is -0.299 e. The third-order valence-corrected chi connectivity index (χ3v) is 6.39. The van der Waals surface area contributed by atoms with Crippen LogP contribution < -0.4 is 9.62 Å². The molecular formula is C14H17BrN4O3S3. The molecule has 1 aromatic carbocycles. The van der Waals surface area contributed by atoms with Crippen molar-refractivity contribution in [3.63, 3.8) is 0 Å². The number of hydrogen-bond acceptors (Lipinski definition) is 7. The Morgan fingerprint density at radius 1 is 1.32 bits per heavy atom. The fourth-order valence-corrected chi connectivity index (χ4v) is 4.92. The summed E-state index contributed by atoms with van der Waals surface area (Å²) in [5, 5.41) is 11.2. The molecule has 0 saturated heterocycles. The number of hydrogen-bond donors (Lipinski definition) is 1. The first-order valence-corrected chi connectivity index (χ1v) is 11.5. The summed E-state index contributed by atoms with van der Waals surface area (Å²) >= 11 is 6.10. The van der Waals surface area contributed by atoms with E-state index < -0.39 is 15.9 Å². The lowest BCUT2D eigenvalue weighted by molar-refractivity contribution is -0.114. The highest BCUT2D eigenvalue weighted by Crippen LogP contribution is 2.28. The van der Waals surface area contributed by atoms with Crippen molar-refractivity contribution < 1.29 is 13.2 Å². The quantitative estimate of drug-likeness (QED) is 0.499. The zero-order valence-corrected chi connectivity index (χ0v) is 17.8. The Labute approximate surface area is 163 Å². The van der Waals surface area contributed by atoms with E-state index >= 15 is 0 Å². The molecule has 0 aliphatic rings. The number of nitrogens with zero attached hydrogens (tertiary/aromatic N) is 3. The van der Waals surface area contributed by atoms with Crippen LogP contribution >= 0.6 is 39.0 Å². The maximum atomic E-state index is 12.2. The fraction of sp³-hybridized carbons (Fsp3) is 0.357. The molecule has 2 aromatic rings. The van der Waals surface area contributed by atoms with Crippen LogP contribution in [-0.2, 0) is 14.8 Å². The Morgan fingerprint density at radius 2 is 1.96 bits per heavy atom. The second-order valence-corrected chi connectivity index (χ2v) is 11.0. The normalized spacial score (nSPS) is 11.6. The third kappa shape index (κ3) is 6.24. The van der Waals surface area contributed by atoms with Crippen LogP contribution in [0.3, 0.4) is 0 Å². The van der Waals surface area contributed by atoms with E-state index in [0.29, 0.717) is 16.1 Å². The number of amides is 1. The Morgan fingerprint density at radius 3 is 2.52 bits per heavy atom. The molecule has 0 aliphatic heterocycles. The number of thioether (sulfide) groups is 1. The van der Waals surface area contributed by atoms with Gasteiger partial charge in [-0.3, -0.25) is 14.4 Å². The van der Waals surface area contributed by atoms with E-state index in [1.807, 2.05) is 13.8 Å². The summed E-state index contributed by atoms with van der Waals surface area (Å²) in [5.41, 5.74) is 0.411. The third-order valence-electron chi connectivity index (χ3n) is 2.79. The van der Waals surface area contributed by atoms with Crippen molar-refractivity contribution >= 4 is 65.8 Å². The average Bonchev–Trinajstić information content (AvgIpc) is 2.91. The SMILES string of the molecule is CC(C)Sc1nnc(NC(=O)CN(c2ccc(Br)cc2)S(C)(=O)=O)s1. The fourth-order valence-electron chi connectivity index (χ4n) is 1.81. The smallest absolute Gasteiger partial charge is 0.246 e. The summed E-state index contributed by atoms with van der Waals surface area (Å²) < 4.78 is 26.7. The second-order valence-electron chi connectivity index (χ2n) is 5.33. The highest BCUT2D eigenvalue weighted by atomic mass is 79.9. The molecule has 136 valence electrons. The van der Waals surface area contributed by atoms with Gasteiger partial charge in [-0.05, 0) is 24.3 Å². The van der Waals surface area contributed by atoms with Crippen LogP contribution in [-0.4, -0.2) is 42.6 Å². The van der Waals surface area contributed by atoms with Crippen LogP contribution in [0.2, 0.25) is 0 Å². The van der Waals surface area contributed by atoms with Crippen molar-refractivity contribution in [1.29, 1.82) is 0 Å². The lowest BCUT2D eigenvalue weighted by atomic mass is 10.3. The molecule has 1 N–H and O–H groups in total. The standard InChI is InChI=1S/C14H17BrN4O3S3/c1-9(2)23-14-18-17-13(24-14)16-12(20)8-19(25(3,21)22)11-6-4-10(15)5-7-11/h4-7,9H,8H2,1-3H3,(H,16,17,20). The van der Waals surface area contributed by atoms with Gasteiger partial charge in [-0.15, -0.1) is 10.2 Å². The van der Waals surface area contributed by atoms with E-state index in [9.17, 15) is 13.2 Å². The topological polar surface area (TPSA) is 92.3 Å². The number of carbonyl (C=O) groups excluding carboxylic acids is 1. The van der Waals surface area contributed by atoms with Crippen LogP contribution in [0.4, 0.5) is 10.8 Å². The maximum absolute atomic E-state index is 12.2. The summed E-state index contributed by atoms with van der Waals surface area (Å²) in [5.74, 6) is -0.481. The van der Waals surface area contributed by atoms with Gasteiger partial charge in [0.25, 0.3) is 0 Å². The summed E-state index contributed by atoms with van der Waals surface area (Å²) in [7, 11) is -3.61. The van der Waals surface area contributed by atoms with Gasteiger partial charge in [0.15, 0.2) is 4.34 Å². The highest BCUT2D eigenvalue weighted by molar-refractivity contribution is 9.10. The van der Waals surface area contributed by atoms with Crippen molar-refractivity contribution in [3.8, 4) is 0 Å². The van der Waals surface area contributed by atoms with Crippen LogP contribution in [0.1, 0.15) is 13.8 Å². The summed E-state index contributed by atoms with van der Waals surface area (Å²) in [6.07, 6.45) is 1.06. The molecule has 0 aliphatic carbocycles. The predicted octanol–water partition coefficient (Wildman–Crippen LogP) is 3.21. The van der Waals surface area contributed by atoms with Crippen LogP contribution in [0.15, 0.2) is 33.1 Å². The molecular weight excluding hydrogens is 448 g/mol. The van der Waals surface area contributed by atoms with Crippen molar-refractivity contribution in [1.82, 2.24) is 10.2 Å². The lowest BCUT2D eigenvalue weighted by Gasteiger charge is -2.21. The van der Waals surface area contributed by atoms with Crippen LogP contribution in [0.25, 0.3) is 0 Å². The molecule has 1 aromatic heterocycles. The monoisotopic (exact) mass is 464 g/mol.